The van der Waals surface area contributed by atoms with Gasteiger partial charge in [0.05, 0.1) is 51.8 Å². The molecule has 3 rings (SSSR count). The van der Waals surface area contributed by atoms with E-state index < -0.39 is 0 Å². The van der Waals surface area contributed by atoms with E-state index in [-0.39, 0.29) is 0 Å². The number of aryl methyl sites for hydroxylation is 1. The number of azo groups is 1. The molecule has 0 unspecified atom stereocenters. The summed E-state index contributed by atoms with van der Waals surface area (Å²) in [5.74, 6) is 0. The van der Waals surface area contributed by atoms with Gasteiger partial charge in [-0.3, -0.25) is 0 Å². The molecule has 0 atom stereocenters. The molecule has 0 fully saturated rings. The van der Waals surface area contributed by atoms with Crippen LogP contribution in [0.3, 0.4) is 0 Å². The van der Waals surface area contributed by atoms with Gasteiger partial charge in [0, 0.05) is 29.9 Å². The first-order valence-corrected chi connectivity index (χ1v) is 12.4. The highest BCUT2D eigenvalue weighted by Gasteiger charge is 2.11. The van der Waals surface area contributed by atoms with Gasteiger partial charge in [0.1, 0.15) is 0 Å². The molecule has 0 N–H and O–H groups in total. The van der Waals surface area contributed by atoms with Gasteiger partial charge in [-0.25, -0.2) is 0 Å². The predicted octanol–water partition coefficient (Wildman–Crippen LogP) is 5.59. The topological polar surface area (TPSA) is 57.6 Å². The number of nitrogens with zero attached hydrogens (tertiary/aromatic N) is 7. The first-order chi connectivity index (χ1) is 16.2. The van der Waals surface area contributed by atoms with Crippen LogP contribution in [0.5, 0.6) is 0 Å². The summed E-state index contributed by atoms with van der Waals surface area (Å²) in [6.45, 7) is 9.47. The number of aromatic nitrogens is 1. The minimum atomic E-state index is 0.798. The lowest BCUT2D eigenvalue weighted by Crippen LogP contribution is -2.42. The Hall–Kier alpha value is -3.10. The van der Waals surface area contributed by atoms with Crippen molar-refractivity contribution in [1.29, 1.82) is 0 Å². The summed E-state index contributed by atoms with van der Waals surface area (Å²) in [5, 5.41) is 17.3. The van der Waals surface area contributed by atoms with Crippen molar-refractivity contribution in [3.63, 3.8) is 0 Å². The molecular formula is C26H36N7S+. The molecule has 7 nitrogen and oxygen atoms in total. The maximum atomic E-state index is 4.39. The van der Waals surface area contributed by atoms with Crippen molar-refractivity contribution in [2.24, 2.45) is 27.5 Å². The monoisotopic (exact) mass is 478 g/mol. The van der Waals surface area contributed by atoms with E-state index in [0.717, 1.165) is 45.9 Å². The number of benzene rings is 2. The summed E-state index contributed by atoms with van der Waals surface area (Å²) in [7, 11) is 8.67. The second kappa shape index (κ2) is 11.4. The largest absolute Gasteiger partial charge is 0.366 e. The van der Waals surface area contributed by atoms with Crippen LogP contribution in [0.25, 0.3) is 0 Å². The highest BCUT2D eigenvalue weighted by atomic mass is 32.1. The first kappa shape index (κ1) is 25.5. The Balaban J connectivity index is 1.61. The van der Waals surface area contributed by atoms with Crippen molar-refractivity contribution in [3.8, 4) is 0 Å². The summed E-state index contributed by atoms with van der Waals surface area (Å²) < 4.78 is 3.01. The lowest BCUT2D eigenvalue weighted by Gasteiger charge is -2.29. The number of thiazole rings is 1. The maximum absolute atomic E-state index is 4.39. The molecule has 34 heavy (non-hydrogen) atoms. The Labute approximate surface area is 207 Å². The average Bonchev–Trinajstić information content (AvgIpc) is 3.05. The highest BCUT2D eigenvalue weighted by Crippen LogP contribution is 2.22. The smallest absolute Gasteiger partial charge is 0.210 e. The molecule has 0 aliphatic carbocycles. The fourth-order valence-corrected chi connectivity index (χ4v) is 4.17. The zero-order valence-corrected chi connectivity index (χ0v) is 22.2. The van der Waals surface area contributed by atoms with Gasteiger partial charge < -0.3 is 14.0 Å². The number of anilines is 1. The van der Waals surface area contributed by atoms with Crippen LogP contribution in [-0.2, 0) is 7.05 Å². The summed E-state index contributed by atoms with van der Waals surface area (Å²) in [4.78, 5) is 4.53. The molecule has 0 saturated carbocycles. The van der Waals surface area contributed by atoms with Crippen LogP contribution in [0.1, 0.15) is 23.1 Å². The second-order valence-electron chi connectivity index (χ2n) is 9.33. The molecule has 2 aromatic carbocycles. The second-order valence-corrected chi connectivity index (χ2v) is 10.5. The van der Waals surface area contributed by atoms with Crippen LogP contribution < -0.4 is 9.70 Å². The molecule has 1 heterocycles. The molecule has 0 aliphatic rings. The number of likely N-dealkylation sites (N-methyl/N-ethyl adjacent to an activating group) is 2. The molecule has 8 heteroatoms. The minimum Gasteiger partial charge on any atom is -0.366 e. The van der Waals surface area contributed by atoms with Crippen LogP contribution in [0.4, 0.5) is 17.1 Å². The summed E-state index contributed by atoms with van der Waals surface area (Å²) in [6, 6.07) is 16.1. The number of hydrogen-bond acceptors (Lipinski definition) is 6. The minimum absolute atomic E-state index is 0.798. The summed E-state index contributed by atoms with van der Waals surface area (Å²) >= 11 is 1.64. The van der Waals surface area contributed by atoms with E-state index in [1.54, 1.807) is 17.6 Å². The SMILES string of the molecule is CCN(CC[N+](C)(C)C)c1ccc(N=Nc2ccc(C=NN=c3sc(C)c(C)n3C)cc2)cc1. The van der Waals surface area contributed by atoms with Gasteiger partial charge in [-0.15, -0.1) is 16.4 Å². The molecule has 180 valence electrons. The van der Waals surface area contributed by atoms with E-state index in [0.29, 0.717) is 0 Å². The van der Waals surface area contributed by atoms with E-state index in [9.17, 15) is 0 Å². The maximum Gasteiger partial charge on any atom is 0.210 e. The summed E-state index contributed by atoms with van der Waals surface area (Å²) in [5.41, 5.74) is 5.03. The molecule has 0 radical (unpaired) electrons. The molecule has 0 aliphatic heterocycles. The van der Waals surface area contributed by atoms with E-state index in [1.165, 1.54) is 16.3 Å². The molecular weight excluding hydrogens is 442 g/mol. The Morgan fingerprint density at radius 1 is 0.941 bits per heavy atom. The molecule has 0 spiro atoms. The standard InChI is InChI=1S/C26H36N7S/c1-8-32(17-18-33(5,6)7)25-15-13-24(14-16-25)29-28-23-11-9-22(10-12-23)19-27-30-26-31(4)20(2)21(3)34-26/h9-16,19H,8,17-18H2,1-7H3/q+1. The average molecular weight is 479 g/mol. The predicted molar refractivity (Wildman–Crippen MR) is 144 cm³/mol. The normalized spacial score (nSPS) is 12.9. The van der Waals surface area contributed by atoms with Crippen LogP contribution in [0.15, 0.2) is 69.0 Å². The van der Waals surface area contributed by atoms with E-state index >= 15 is 0 Å². The van der Waals surface area contributed by atoms with Gasteiger partial charge in [-0.2, -0.15) is 15.3 Å². The fourth-order valence-electron chi connectivity index (χ4n) is 3.25. The first-order valence-electron chi connectivity index (χ1n) is 11.5. The Morgan fingerprint density at radius 2 is 1.53 bits per heavy atom. The van der Waals surface area contributed by atoms with E-state index in [1.807, 2.05) is 43.4 Å². The van der Waals surface area contributed by atoms with Gasteiger partial charge in [-0.1, -0.05) is 12.1 Å². The van der Waals surface area contributed by atoms with E-state index in [4.69, 9.17) is 0 Å². The van der Waals surface area contributed by atoms with Gasteiger partial charge >= 0.3 is 0 Å². The molecule has 0 saturated heterocycles. The van der Waals surface area contributed by atoms with Gasteiger partial charge in [0.25, 0.3) is 0 Å². The number of hydrogen-bond donors (Lipinski definition) is 0. The molecule has 0 bridgehead atoms. The van der Waals surface area contributed by atoms with Crippen molar-refractivity contribution in [1.82, 2.24) is 4.57 Å². The van der Waals surface area contributed by atoms with Crippen LogP contribution in [-0.4, -0.2) is 56.0 Å². The van der Waals surface area contributed by atoms with Crippen LogP contribution in [0, 0.1) is 13.8 Å². The van der Waals surface area contributed by atoms with Gasteiger partial charge in [-0.05, 0) is 62.7 Å². The van der Waals surface area contributed by atoms with Gasteiger partial charge in [0.15, 0.2) is 0 Å². The number of quaternary nitrogens is 1. The Morgan fingerprint density at radius 3 is 2.03 bits per heavy atom. The zero-order valence-electron chi connectivity index (χ0n) is 21.4. The van der Waals surface area contributed by atoms with Crippen molar-refractivity contribution >= 4 is 34.6 Å². The Bertz CT molecular complexity index is 1190. The number of rotatable bonds is 9. The quantitative estimate of drug-likeness (QED) is 0.171. The lowest BCUT2D eigenvalue weighted by molar-refractivity contribution is -0.868. The third kappa shape index (κ3) is 7.20. The molecule has 0 amide bonds. The summed E-state index contributed by atoms with van der Waals surface area (Å²) in [6.07, 6.45) is 1.75. The fraction of sp³-hybridized carbons (Fsp3) is 0.385. The van der Waals surface area contributed by atoms with Crippen molar-refractivity contribution in [2.45, 2.75) is 20.8 Å². The van der Waals surface area contributed by atoms with Crippen LogP contribution in [0.2, 0.25) is 0 Å². The van der Waals surface area contributed by atoms with Crippen molar-refractivity contribution < 1.29 is 4.48 Å². The third-order valence-corrected chi connectivity index (χ3v) is 6.85. The van der Waals surface area contributed by atoms with Gasteiger partial charge in [0.2, 0.25) is 4.80 Å². The van der Waals surface area contributed by atoms with Crippen molar-refractivity contribution in [2.75, 3.05) is 45.7 Å². The lowest BCUT2D eigenvalue weighted by atomic mass is 10.2. The van der Waals surface area contributed by atoms with Crippen LogP contribution >= 0.6 is 11.3 Å². The Kier molecular flexibility index (Phi) is 8.52. The zero-order chi connectivity index (χ0) is 24.7. The third-order valence-electron chi connectivity index (χ3n) is 5.71. The highest BCUT2D eigenvalue weighted by molar-refractivity contribution is 7.09. The molecule has 3 aromatic rings. The van der Waals surface area contributed by atoms with E-state index in [2.05, 4.69) is 83.9 Å². The van der Waals surface area contributed by atoms with Crippen molar-refractivity contribution in [3.05, 3.63) is 69.5 Å². The molecule has 1 aromatic heterocycles.